The van der Waals surface area contributed by atoms with E-state index in [1.807, 2.05) is 59.4 Å². The summed E-state index contributed by atoms with van der Waals surface area (Å²) in [6.07, 6.45) is 6.84. The Balaban J connectivity index is 1.57. The van der Waals surface area contributed by atoms with Gasteiger partial charge in [0.1, 0.15) is 17.8 Å². The molecule has 0 aliphatic carbocycles. The van der Waals surface area contributed by atoms with Crippen LogP contribution in [0.5, 0.6) is 0 Å². The number of anilines is 2. The van der Waals surface area contributed by atoms with Crippen molar-refractivity contribution in [3.8, 4) is 5.69 Å². The van der Waals surface area contributed by atoms with Crippen molar-refractivity contribution in [3.63, 3.8) is 0 Å². The minimum absolute atomic E-state index is 0.154. The Kier molecular flexibility index (Phi) is 4.91. The van der Waals surface area contributed by atoms with Crippen LogP contribution in [0.2, 0.25) is 0 Å². The highest BCUT2D eigenvalue weighted by Crippen LogP contribution is 2.30. The van der Waals surface area contributed by atoms with Gasteiger partial charge in [0.2, 0.25) is 5.91 Å². The molecule has 3 aromatic heterocycles. The van der Waals surface area contributed by atoms with E-state index in [1.54, 1.807) is 4.90 Å². The number of nitrogens with zero attached hydrogens (tertiary/aromatic N) is 5. The minimum atomic E-state index is -0.154. The van der Waals surface area contributed by atoms with E-state index >= 15 is 0 Å². The summed E-state index contributed by atoms with van der Waals surface area (Å²) in [5.41, 5.74) is 9.80. The zero-order chi connectivity index (χ0) is 22.1. The molecule has 158 valence electrons. The lowest BCUT2D eigenvalue weighted by molar-refractivity contribution is -0.114. The molecule has 0 spiro atoms. The van der Waals surface area contributed by atoms with Crippen LogP contribution < -0.4 is 10.6 Å². The quantitative estimate of drug-likeness (QED) is 0.416. The molecule has 3 heterocycles. The van der Waals surface area contributed by atoms with Gasteiger partial charge >= 0.3 is 0 Å². The van der Waals surface area contributed by atoms with E-state index in [2.05, 4.69) is 39.3 Å². The summed E-state index contributed by atoms with van der Waals surface area (Å²) >= 11 is 0. The van der Waals surface area contributed by atoms with Crippen LogP contribution >= 0.6 is 0 Å². The number of hydrogen-bond acceptors (Lipinski definition) is 4. The molecule has 0 atom stereocenters. The first-order valence-electron chi connectivity index (χ1n) is 10.3. The summed E-state index contributed by atoms with van der Waals surface area (Å²) in [4.78, 5) is 23.0. The number of carbonyl (C=O) groups is 1. The van der Waals surface area contributed by atoms with E-state index < -0.39 is 0 Å². The molecular weight excluding hydrogens is 400 g/mol. The summed E-state index contributed by atoms with van der Waals surface area (Å²) in [5.74, 6) is 0.266. The Morgan fingerprint density at radius 1 is 1.06 bits per heavy atom. The van der Waals surface area contributed by atoms with E-state index in [-0.39, 0.29) is 5.91 Å². The standard InChI is InChI=1S/C25H22N6O/c1-2-22(32)30(19-9-4-3-5-10-19)15-14-29-16-21(23-24(26)27-17-28-25(23)29)31-13-12-18-8-6-7-11-20(18)31/h2-13,16-17H,1,14-15H2,(H2,26,27,28). The summed E-state index contributed by atoms with van der Waals surface area (Å²) in [5, 5.41) is 1.92. The van der Waals surface area contributed by atoms with Crippen LogP contribution in [0.4, 0.5) is 11.5 Å². The topological polar surface area (TPSA) is 82.0 Å². The van der Waals surface area contributed by atoms with Crippen LogP contribution in [-0.2, 0) is 11.3 Å². The van der Waals surface area contributed by atoms with Gasteiger partial charge < -0.3 is 19.8 Å². The molecule has 0 bridgehead atoms. The second-order valence-corrected chi connectivity index (χ2v) is 7.44. The Labute approximate surface area is 185 Å². The average Bonchev–Trinajstić information content (AvgIpc) is 3.42. The molecule has 1 amide bonds. The van der Waals surface area contributed by atoms with Crippen molar-refractivity contribution in [3.05, 3.63) is 92.0 Å². The van der Waals surface area contributed by atoms with E-state index in [9.17, 15) is 4.79 Å². The zero-order valence-electron chi connectivity index (χ0n) is 17.4. The lowest BCUT2D eigenvalue weighted by Crippen LogP contribution is -2.32. The van der Waals surface area contributed by atoms with Gasteiger partial charge in [0, 0.05) is 31.2 Å². The number of nitrogen functional groups attached to an aromatic ring is 1. The number of hydrogen-bond donors (Lipinski definition) is 1. The molecule has 0 unspecified atom stereocenters. The number of aromatic nitrogens is 4. The normalized spacial score (nSPS) is 11.1. The van der Waals surface area contributed by atoms with Crippen molar-refractivity contribution in [1.29, 1.82) is 0 Å². The van der Waals surface area contributed by atoms with E-state index in [1.165, 1.54) is 12.4 Å². The van der Waals surface area contributed by atoms with Crippen LogP contribution in [0.1, 0.15) is 0 Å². The van der Waals surface area contributed by atoms with Gasteiger partial charge in [-0.1, -0.05) is 43.0 Å². The molecule has 0 saturated carbocycles. The molecule has 0 fully saturated rings. The van der Waals surface area contributed by atoms with Crippen molar-refractivity contribution in [2.24, 2.45) is 0 Å². The molecular formula is C25H22N6O. The lowest BCUT2D eigenvalue weighted by Gasteiger charge is -2.21. The third-order valence-corrected chi connectivity index (χ3v) is 5.59. The molecule has 0 aliphatic rings. The Bertz CT molecular complexity index is 1430. The maximum Gasteiger partial charge on any atom is 0.250 e. The summed E-state index contributed by atoms with van der Waals surface area (Å²) in [6, 6.07) is 19.8. The predicted octanol–water partition coefficient (Wildman–Crippen LogP) is 4.18. The van der Waals surface area contributed by atoms with Crippen molar-refractivity contribution in [2.75, 3.05) is 17.2 Å². The maximum atomic E-state index is 12.5. The lowest BCUT2D eigenvalue weighted by atomic mass is 10.2. The molecule has 0 aliphatic heterocycles. The van der Waals surface area contributed by atoms with Crippen molar-refractivity contribution in [1.82, 2.24) is 19.1 Å². The summed E-state index contributed by atoms with van der Waals surface area (Å²) in [7, 11) is 0. The van der Waals surface area contributed by atoms with Crippen LogP contribution in [0, 0.1) is 0 Å². The highest BCUT2D eigenvalue weighted by atomic mass is 16.2. The van der Waals surface area contributed by atoms with Gasteiger partial charge in [-0.25, -0.2) is 9.97 Å². The molecule has 0 radical (unpaired) electrons. The fourth-order valence-electron chi connectivity index (χ4n) is 4.06. The molecule has 2 N–H and O–H groups in total. The van der Waals surface area contributed by atoms with E-state index in [0.29, 0.717) is 18.9 Å². The van der Waals surface area contributed by atoms with Crippen molar-refractivity contribution < 1.29 is 4.79 Å². The second kappa shape index (κ2) is 8.03. The average molecular weight is 422 g/mol. The van der Waals surface area contributed by atoms with Gasteiger partial charge in [-0.05, 0) is 35.7 Å². The first kappa shape index (κ1) is 19.6. The number of nitrogens with two attached hydrogens (primary N) is 1. The summed E-state index contributed by atoms with van der Waals surface area (Å²) < 4.78 is 4.11. The highest BCUT2D eigenvalue weighted by Gasteiger charge is 2.18. The fraction of sp³-hybridized carbons (Fsp3) is 0.0800. The predicted molar refractivity (Wildman–Crippen MR) is 128 cm³/mol. The Morgan fingerprint density at radius 2 is 1.84 bits per heavy atom. The fourth-order valence-corrected chi connectivity index (χ4v) is 4.06. The van der Waals surface area contributed by atoms with Gasteiger partial charge in [-0.3, -0.25) is 4.79 Å². The third kappa shape index (κ3) is 3.30. The third-order valence-electron chi connectivity index (χ3n) is 5.59. The molecule has 0 saturated heterocycles. The summed E-state index contributed by atoms with van der Waals surface area (Å²) in [6.45, 7) is 4.63. The van der Waals surface area contributed by atoms with Crippen LogP contribution in [0.3, 0.4) is 0 Å². The van der Waals surface area contributed by atoms with E-state index in [4.69, 9.17) is 5.73 Å². The zero-order valence-corrected chi connectivity index (χ0v) is 17.4. The smallest absolute Gasteiger partial charge is 0.250 e. The number of rotatable bonds is 6. The molecule has 7 heteroatoms. The first-order chi connectivity index (χ1) is 15.7. The van der Waals surface area contributed by atoms with Gasteiger partial charge in [0.15, 0.2) is 0 Å². The number of para-hydroxylation sites is 2. The second-order valence-electron chi connectivity index (χ2n) is 7.44. The van der Waals surface area contributed by atoms with Crippen LogP contribution in [0.25, 0.3) is 27.6 Å². The number of amides is 1. The number of benzene rings is 2. The largest absolute Gasteiger partial charge is 0.383 e. The Hall–Kier alpha value is -4.39. The van der Waals surface area contributed by atoms with Crippen molar-refractivity contribution in [2.45, 2.75) is 6.54 Å². The first-order valence-corrected chi connectivity index (χ1v) is 10.3. The minimum Gasteiger partial charge on any atom is -0.383 e. The molecule has 7 nitrogen and oxygen atoms in total. The molecule has 5 rings (SSSR count). The van der Waals surface area contributed by atoms with Gasteiger partial charge in [0.05, 0.1) is 16.6 Å². The molecule has 32 heavy (non-hydrogen) atoms. The highest BCUT2D eigenvalue weighted by molar-refractivity contribution is 6.01. The monoisotopic (exact) mass is 422 g/mol. The SMILES string of the molecule is C=CC(=O)N(CCn1cc(-n2ccc3ccccc32)c2c(N)ncnc21)c1ccccc1. The molecule has 2 aromatic carbocycles. The van der Waals surface area contributed by atoms with Gasteiger partial charge in [-0.2, -0.15) is 0 Å². The number of carbonyl (C=O) groups excluding carboxylic acids is 1. The van der Waals surface area contributed by atoms with Gasteiger partial charge in [-0.15, -0.1) is 0 Å². The maximum absolute atomic E-state index is 12.5. The van der Waals surface area contributed by atoms with Crippen LogP contribution in [0.15, 0.2) is 92.0 Å². The van der Waals surface area contributed by atoms with E-state index in [0.717, 1.165) is 33.3 Å². The van der Waals surface area contributed by atoms with Gasteiger partial charge in [0.25, 0.3) is 0 Å². The number of fused-ring (bicyclic) bond motifs is 2. The Morgan fingerprint density at radius 3 is 2.66 bits per heavy atom. The van der Waals surface area contributed by atoms with Crippen molar-refractivity contribution >= 4 is 39.3 Å². The van der Waals surface area contributed by atoms with Crippen LogP contribution in [-0.4, -0.2) is 31.6 Å². The molecule has 5 aromatic rings.